The molecule has 0 radical (unpaired) electrons. The Morgan fingerprint density at radius 1 is 1.29 bits per heavy atom. The summed E-state index contributed by atoms with van der Waals surface area (Å²) in [5.74, 6) is 0.0502. The van der Waals surface area contributed by atoms with Gasteiger partial charge in [-0.25, -0.2) is 9.97 Å². The third-order valence-electron chi connectivity index (χ3n) is 5.65. The summed E-state index contributed by atoms with van der Waals surface area (Å²) >= 11 is 0. The van der Waals surface area contributed by atoms with E-state index in [1.807, 2.05) is 17.0 Å². The molecule has 6 heteroatoms. The predicted octanol–water partition coefficient (Wildman–Crippen LogP) is 3.52. The van der Waals surface area contributed by atoms with Gasteiger partial charge in [-0.2, -0.15) is 0 Å². The Morgan fingerprint density at radius 2 is 2.14 bits per heavy atom. The molecule has 1 fully saturated rings. The van der Waals surface area contributed by atoms with Gasteiger partial charge in [0, 0.05) is 25.2 Å². The zero-order valence-electron chi connectivity index (χ0n) is 16.3. The van der Waals surface area contributed by atoms with E-state index in [2.05, 4.69) is 51.5 Å². The molecule has 0 bridgehead atoms. The lowest BCUT2D eigenvalue weighted by molar-refractivity contribution is 0.0623. The standard InChI is InChI=1S/C22H27N5O/c1-2-27(22(28)20-12-19-21(26-20)14-23-15-25-19)18-10-6-9-17(11-18)24-13-16-7-4-3-5-8-16/h3-5,7-8,12,14-15,17-18,24,26H,2,6,9-11,13H2,1H3. The van der Waals surface area contributed by atoms with Gasteiger partial charge in [0.15, 0.2) is 0 Å². The number of amides is 1. The first-order chi connectivity index (χ1) is 13.7. The lowest BCUT2D eigenvalue weighted by Gasteiger charge is -2.37. The second-order valence-electron chi connectivity index (χ2n) is 7.48. The lowest BCUT2D eigenvalue weighted by Crippen LogP contribution is -2.46. The van der Waals surface area contributed by atoms with Gasteiger partial charge in [0.2, 0.25) is 0 Å². The van der Waals surface area contributed by atoms with Gasteiger partial charge < -0.3 is 15.2 Å². The Labute approximate surface area is 165 Å². The summed E-state index contributed by atoms with van der Waals surface area (Å²) in [5.41, 5.74) is 3.47. The van der Waals surface area contributed by atoms with Gasteiger partial charge in [0.05, 0.1) is 17.2 Å². The molecule has 2 atom stereocenters. The molecule has 6 nitrogen and oxygen atoms in total. The number of H-pyrrole nitrogens is 1. The smallest absolute Gasteiger partial charge is 0.270 e. The molecule has 3 aromatic rings. The van der Waals surface area contributed by atoms with E-state index in [4.69, 9.17) is 0 Å². The molecule has 0 spiro atoms. The highest BCUT2D eigenvalue weighted by molar-refractivity contribution is 5.97. The third kappa shape index (κ3) is 4.07. The molecule has 4 rings (SSSR count). The summed E-state index contributed by atoms with van der Waals surface area (Å²) in [4.78, 5) is 26.6. The predicted molar refractivity (Wildman–Crippen MR) is 110 cm³/mol. The van der Waals surface area contributed by atoms with E-state index in [0.29, 0.717) is 18.3 Å². The topological polar surface area (TPSA) is 73.9 Å². The van der Waals surface area contributed by atoms with E-state index in [0.717, 1.165) is 43.3 Å². The van der Waals surface area contributed by atoms with Crippen LogP contribution in [0.25, 0.3) is 11.0 Å². The number of rotatable bonds is 6. The molecule has 1 aliphatic carbocycles. The molecule has 0 saturated heterocycles. The number of nitrogens with zero attached hydrogens (tertiary/aromatic N) is 3. The van der Waals surface area contributed by atoms with Crippen LogP contribution in [-0.2, 0) is 6.54 Å². The van der Waals surface area contributed by atoms with Crippen LogP contribution in [0, 0.1) is 0 Å². The summed E-state index contributed by atoms with van der Waals surface area (Å²) in [6, 6.07) is 13.0. The minimum Gasteiger partial charge on any atom is -0.348 e. The van der Waals surface area contributed by atoms with Crippen molar-refractivity contribution in [1.82, 2.24) is 25.2 Å². The monoisotopic (exact) mass is 377 g/mol. The van der Waals surface area contributed by atoms with Crippen LogP contribution in [0.5, 0.6) is 0 Å². The molecule has 2 unspecified atom stereocenters. The Morgan fingerprint density at radius 3 is 2.93 bits per heavy atom. The molecule has 1 aromatic carbocycles. The van der Waals surface area contributed by atoms with E-state index in [1.165, 1.54) is 11.9 Å². The average Bonchev–Trinajstić information content (AvgIpc) is 3.18. The fraction of sp³-hybridized carbons (Fsp3) is 0.409. The molecule has 1 saturated carbocycles. The fourth-order valence-electron chi connectivity index (χ4n) is 4.20. The minimum absolute atomic E-state index is 0.0502. The van der Waals surface area contributed by atoms with Gasteiger partial charge in [-0.15, -0.1) is 0 Å². The zero-order chi connectivity index (χ0) is 19.3. The van der Waals surface area contributed by atoms with Crippen LogP contribution in [-0.4, -0.2) is 44.4 Å². The Balaban J connectivity index is 1.42. The molecular formula is C22H27N5O. The lowest BCUT2D eigenvalue weighted by atomic mass is 9.89. The van der Waals surface area contributed by atoms with Crippen LogP contribution in [0.15, 0.2) is 48.9 Å². The molecule has 0 aliphatic heterocycles. The number of hydrogen-bond acceptors (Lipinski definition) is 4. The number of aromatic nitrogens is 3. The van der Waals surface area contributed by atoms with Crippen molar-refractivity contribution in [3.05, 3.63) is 60.2 Å². The van der Waals surface area contributed by atoms with E-state index >= 15 is 0 Å². The second-order valence-corrected chi connectivity index (χ2v) is 7.48. The number of aromatic amines is 1. The Bertz CT molecular complexity index is 890. The van der Waals surface area contributed by atoms with E-state index in [9.17, 15) is 4.79 Å². The number of carbonyl (C=O) groups excluding carboxylic acids is 1. The molecule has 1 aliphatic rings. The SMILES string of the molecule is CCN(C(=O)c1cc2ncncc2[nH]1)C1CCCC(NCc2ccccc2)C1. The van der Waals surface area contributed by atoms with Gasteiger partial charge >= 0.3 is 0 Å². The fourth-order valence-corrected chi connectivity index (χ4v) is 4.20. The number of nitrogens with one attached hydrogen (secondary N) is 2. The van der Waals surface area contributed by atoms with Crippen LogP contribution in [0.3, 0.4) is 0 Å². The van der Waals surface area contributed by atoms with E-state index in [-0.39, 0.29) is 11.9 Å². The maximum absolute atomic E-state index is 13.2. The van der Waals surface area contributed by atoms with Crippen molar-refractivity contribution >= 4 is 16.9 Å². The number of hydrogen-bond donors (Lipinski definition) is 2. The van der Waals surface area contributed by atoms with Gasteiger partial charge in [-0.3, -0.25) is 4.79 Å². The number of carbonyl (C=O) groups is 1. The Kier molecular flexibility index (Phi) is 5.67. The molecule has 146 valence electrons. The molecule has 28 heavy (non-hydrogen) atoms. The zero-order valence-corrected chi connectivity index (χ0v) is 16.3. The highest BCUT2D eigenvalue weighted by atomic mass is 16.2. The van der Waals surface area contributed by atoms with Gasteiger partial charge in [-0.1, -0.05) is 30.3 Å². The van der Waals surface area contributed by atoms with Crippen LogP contribution in [0.2, 0.25) is 0 Å². The van der Waals surface area contributed by atoms with Crippen molar-refractivity contribution in [3.63, 3.8) is 0 Å². The summed E-state index contributed by atoms with van der Waals surface area (Å²) < 4.78 is 0. The molecule has 2 aromatic heterocycles. The minimum atomic E-state index is 0.0502. The maximum Gasteiger partial charge on any atom is 0.270 e. The van der Waals surface area contributed by atoms with Crippen LogP contribution >= 0.6 is 0 Å². The largest absolute Gasteiger partial charge is 0.348 e. The quantitative estimate of drug-likeness (QED) is 0.689. The molecule has 1 amide bonds. The number of benzene rings is 1. The summed E-state index contributed by atoms with van der Waals surface area (Å²) in [6.07, 6.45) is 7.57. The van der Waals surface area contributed by atoms with Gasteiger partial charge in [0.1, 0.15) is 12.0 Å². The van der Waals surface area contributed by atoms with Crippen LogP contribution in [0.4, 0.5) is 0 Å². The van der Waals surface area contributed by atoms with Crippen molar-refractivity contribution in [2.45, 2.75) is 51.2 Å². The van der Waals surface area contributed by atoms with E-state index in [1.54, 1.807) is 6.20 Å². The summed E-state index contributed by atoms with van der Waals surface area (Å²) in [6.45, 7) is 3.64. The summed E-state index contributed by atoms with van der Waals surface area (Å²) in [5, 5.41) is 3.68. The number of fused-ring (bicyclic) bond motifs is 1. The highest BCUT2D eigenvalue weighted by Gasteiger charge is 2.30. The maximum atomic E-state index is 13.2. The average molecular weight is 377 g/mol. The third-order valence-corrected chi connectivity index (χ3v) is 5.65. The molecular weight excluding hydrogens is 350 g/mol. The van der Waals surface area contributed by atoms with Crippen molar-refractivity contribution in [2.75, 3.05) is 6.54 Å². The Hall–Kier alpha value is -2.73. The first kappa shape index (κ1) is 18.6. The van der Waals surface area contributed by atoms with Gasteiger partial charge in [-0.05, 0) is 44.2 Å². The van der Waals surface area contributed by atoms with Crippen molar-refractivity contribution < 1.29 is 4.79 Å². The van der Waals surface area contributed by atoms with Crippen molar-refractivity contribution in [3.8, 4) is 0 Å². The molecule has 2 N–H and O–H groups in total. The van der Waals surface area contributed by atoms with Crippen molar-refractivity contribution in [2.24, 2.45) is 0 Å². The first-order valence-corrected chi connectivity index (χ1v) is 10.1. The van der Waals surface area contributed by atoms with E-state index < -0.39 is 0 Å². The summed E-state index contributed by atoms with van der Waals surface area (Å²) in [7, 11) is 0. The highest BCUT2D eigenvalue weighted by Crippen LogP contribution is 2.25. The van der Waals surface area contributed by atoms with Crippen LogP contribution < -0.4 is 5.32 Å². The molecule has 2 heterocycles. The second kappa shape index (κ2) is 8.52. The van der Waals surface area contributed by atoms with Crippen LogP contribution in [0.1, 0.15) is 48.7 Å². The van der Waals surface area contributed by atoms with Gasteiger partial charge in [0.25, 0.3) is 5.91 Å². The normalized spacial score (nSPS) is 19.6. The first-order valence-electron chi connectivity index (χ1n) is 10.1. The van der Waals surface area contributed by atoms with Crippen molar-refractivity contribution in [1.29, 1.82) is 0 Å².